The van der Waals surface area contributed by atoms with E-state index in [-0.39, 0.29) is 11.1 Å². The van der Waals surface area contributed by atoms with Crippen LogP contribution in [0.1, 0.15) is 16.7 Å². The molecule has 1 aliphatic heterocycles. The second-order valence-corrected chi connectivity index (χ2v) is 8.24. The van der Waals surface area contributed by atoms with Crippen molar-refractivity contribution in [1.82, 2.24) is 0 Å². The van der Waals surface area contributed by atoms with Crippen molar-refractivity contribution in [1.29, 1.82) is 0 Å². The molecule has 1 fully saturated rings. The molecule has 4 rings (SSSR count). The number of hydrogen-bond donors (Lipinski definition) is 0. The molecule has 0 saturated carbocycles. The molecule has 30 heavy (non-hydrogen) atoms. The third-order valence-electron chi connectivity index (χ3n) is 4.57. The molecule has 0 radical (unpaired) electrons. The molecule has 150 valence electrons. The van der Waals surface area contributed by atoms with Crippen molar-refractivity contribution in [2.24, 2.45) is 0 Å². The van der Waals surface area contributed by atoms with Gasteiger partial charge in [-0.25, -0.2) is 4.90 Å². The van der Waals surface area contributed by atoms with E-state index in [0.717, 1.165) is 28.5 Å². The zero-order chi connectivity index (χ0) is 21.1. The highest BCUT2D eigenvalue weighted by Gasteiger charge is 2.36. The number of hydrogen-bond acceptors (Lipinski definition) is 4. The number of halogens is 1. The fraction of sp³-hybridized carbons (Fsp3) is 0.0833. The molecule has 1 aliphatic rings. The summed E-state index contributed by atoms with van der Waals surface area (Å²) in [5, 5.41) is 0.361. The van der Waals surface area contributed by atoms with Gasteiger partial charge in [0.05, 0.1) is 10.6 Å². The van der Waals surface area contributed by atoms with Crippen LogP contribution >= 0.6 is 23.4 Å². The van der Waals surface area contributed by atoms with E-state index in [9.17, 15) is 9.59 Å². The standard InChI is InChI=1S/C24H18ClNO3S/c1-16-5-4-7-20(13-16)26-23(27)22(30-24(26)28)14-18-6-2-3-8-21(18)29-15-17-9-11-19(25)12-10-17/h2-14H,15H2,1H3/b22-14-. The van der Waals surface area contributed by atoms with E-state index in [4.69, 9.17) is 16.3 Å². The average molecular weight is 436 g/mol. The Balaban J connectivity index is 1.57. The van der Waals surface area contributed by atoms with Crippen molar-refractivity contribution >= 4 is 46.3 Å². The second kappa shape index (κ2) is 8.78. The largest absolute Gasteiger partial charge is 0.488 e. The van der Waals surface area contributed by atoms with Crippen LogP contribution in [0.4, 0.5) is 10.5 Å². The number of carbonyl (C=O) groups is 2. The number of amides is 2. The molecule has 3 aromatic carbocycles. The zero-order valence-electron chi connectivity index (χ0n) is 16.2. The number of carbonyl (C=O) groups excluding carboxylic acids is 2. The van der Waals surface area contributed by atoms with Crippen LogP contribution in [0.2, 0.25) is 5.02 Å². The van der Waals surface area contributed by atoms with Gasteiger partial charge in [0.15, 0.2) is 0 Å². The first-order valence-electron chi connectivity index (χ1n) is 9.32. The van der Waals surface area contributed by atoms with Gasteiger partial charge in [-0.15, -0.1) is 0 Å². The van der Waals surface area contributed by atoms with Crippen molar-refractivity contribution in [2.45, 2.75) is 13.5 Å². The molecule has 4 nitrogen and oxygen atoms in total. The molecule has 0 aliphatic carbocycles. The van der Waals surface area contributed by atoms with Gasteiger partial charge >= 0.3 is 0 Å². The number of benzene rings is 3. The lowest BCUT2D eigenvalue weighted by Gasteiger charge is -2.13. The van der Waals surface area contributed by atoms with E-state index in [1.165, 1.54) is 4.90 Å². The van der Waals surface area contributed by atoms with Gasteiger partial charge in [-0.3, -0.25) is 9.59 Å². The van der Waals surface area contributed by atoms with E-state index >= 15 is 0 Å². The molecule has 0 bridgehead atoms. The summed E-state index contributed by atoms with van der Waals surface area (Å²) >= 11 is 6.86. The van der Waals surface area contributed by atoms with Crippen LogP contribution in [0.15, 0.2) is 77.7 Å². The van der Waals surface area contributed by atoms with Gasteiger partial charge in [0.2, 0.25) is 0 Å². The van der Waals surface area contributed by atoms with Gasteiger partial charge < -0.3 is 4.74 Å². The molecule has 6 heteroatoms. The summed E-state index contributed by atoms with van der Waals surface area (Å²) in [5.41, 5.74) is 3.28. The van der Waals surface area contributed by atoms with Crippen LogP contribution in [0.25, 0.3) is 6.08 Å². The minimum absolute atomic E-state index is 0.309. The summed E-state index contributed by atoms with van der Waals surface area (Å²) in [5.74, 6) is 0.304. The molecule has 0 unspecified atom stereocenters. The van der Waals surface area contributed by atoms with Gasteiger partial charge in [-0.2, -0.15) is 0 Å². The SMILES string of the molecule is Cc1cccc(N2C(=O)S/C(=C\c3ccccc3OCc3ccc(Cl)cc3)C2=O)c1. The average Bonchev–Trinajstić information content (AvgIpc) is 3.01. The highest BCUT2D eigenvalue weighted by Crippen LogP contribution is 2.37. The van der Waals surface area contributed by atoms with Crippen LogP contribution in [0, 0.1) is 6.92 Å². The molecular formula is C24H18ClNO3S. The highest BCUT2D eigenvalue weighted by molar-refractivity contribution is 8.19. The first kappa shape index (κ1) is 20.3. The summed E-state index contributed by atoms with van der Waals surface area (Å²) in [7, 11) is 0. The Labute approximate surface area is 184 Å². The summed E-state index contributed by atoms with van der Waals surface area (Å²) in [6, 6.07) is 22.2. The Bertz CT molecular complexity index is 1140. The fourth-order valence-corrected chi connectivity index (χ4v) is 4.03. The lowest BCUT2D eigenvalue weighted by molar-refractivity contribution is -0.113. The number of imide groups is 1. The maximum Gasteiger partial charge on any atom is 0.298 e. The number of rotatable bonds is 5. The van der Waals surface area contributed by atoms with E-state index in [1.54, 1.807) is 12.1 Å². The van der Waals surface area contributed by atoms with Crippen molar-refractivity contribution < 1.29 is 14.3 Å². The van der Waals surface area contributed by atoms with Crippen LogP contribution < -0.4 is 9.64 Å². The third-order valence-corrected chi connectivity index (χ3v) is 5.69. The monoisotopic (exact) mass is 435 g/mol. The van der Waals surface area contributed by atoms with E-state index in [2.05, 4.69) is 0 Å². The van der Waals surface area contributed by atoms with Gasteiger partial charge in [0.1, 0.15) is 12.4 Å². The number of ether oxygens (including phenoxy) is 1. The van der Waals surface area contributed by atoms with Gasteiger partial charge in [0.25, 0.3) is 11.1 Å². The number of para-hydroxylation sites is 1. The second-order valence-electron chi connectivity index (χ2n) is 6.81. The third kappa shape index (κ3) is 4.42. The lowest BCUT2D eigenvalue weighted by Crippen LogP contribution is -2.27. The maximum absolute atomic E-state index is 12.9. The van der Waals surface area contributed by atoms with Crippen molar-refractivity contribution in [2.75, 3.05) is 4.90 Å². The van der Waals surface area contributed by atoms with Gasteiger partial charge in [-0.05, 0) is 66.2 Å². The summed E-state index contributed by atoms with van der Waals surface area (Å²) in [4.78, 5) is 27.0. The normalized spacial score (nSPS) is 15.1. The van der Waals surface area contributed by atoms with Crippen LogP contribution in [-0.4, -0.2) is 11.1 Å². The number of thioether (sulfide) groups is 1. The molecule has 1 heterocycles. The number of anilines is 1. The predicted octanol–water partition coefficient (Wildman–Crippen LogP) is 6.47. The van der Waals surface area contributed by atoms with Crippen molar-refractivity contribution in [3.63, 3.8) is 0 Å². The van der Waals surface area contributed by atoms with E-state index < -0.39 is 0 Å². The number of nitrogens with zero attached hydrogens (tertiary/aromatic N) is 1. The molecule has 1 saturated heterocycles. The molecule has 2 amide bonds. The predicted molar refractivity (Wildman–Crippen MR) is 122 cm³/mol. The number of aryl methyl sites for hydroxylation is 1. The molecule has 0 atom stereocenters. The smallest absolute Gasteiger partial charge is 0.298 e. The van der Waals surface area contributed by atoms with E-state index in [1.807, 2.05) is 73.7 Å². The Morgan fingerprint density at radius 1 is 1.00 bits per heavy atom. The van der Waals surface area contributed by atoms with Crippen LogP contribution in [0.5, 0.6) is 5.75 Å². The Morgan fingerprint density at radius 3 is 2.53 bits per heavy atom. The van der Waals surface area contributed by atoms with Crippen molar-refractivity contribution in [3.8, 4) is 5.75 Å². The summed E-state index contributed by atoms with van der Waals surface area (Å²) in [6.45, 7) is 2.29. The minimum atomic E-state index is -0.330. The van der Waals surface area contributed by atoms with Crippen LogP contribution in [0.3, 0.4) is 0 Å². The van der Waals surface area contributed by atoms with Gasteiger partial charge in [-0.1, -0.05) is 54.1 Å². The zero-order valence-corrected chi connectivity index (χ0v) is 17.7. The molecule has 0 aromatic heterocycles. The molecule has 3 aromatic rings. The minimum Gasteiger partial charge on any atom is -0.488 e. The quantitative estimate of drug-likeness (QED) is 0.431. The molecule has 0 N–H and O–H groups in total. The molecular weight excluding hydrogens is 418 g/mol. The van der Waals surface area contributed by atoms with Crippen molar-refractivity contribution in [3.05, 3.63) is 99.4 Å². The topological polar surface area (TPSA) is 46.6 Å². The summed E-state index contributed by atoms with van der Waals surface area (Å²) < 4.78 is 5.96. The molecule has 0 spiro atoms. The Hall–Kier alpha value is -3.02. The summed E-state index contributed by atoms with van der Waals surface area (Å²) in [6.07, 6.45) is 1.71. The van der Waals surface area contributed by atoms with E-state index in [0.29, 0.717) is 28.0 Å². The first-order chi connectivity index (χ1) is 14.5. The maximum atomic E-state index is 12.9. The Morgan fingerprint density at radius 2 is 1.77 bits per heavy atom. The van der Waals surface area contributed by atoms with Gasteiger partial charge in [0, 0.05) is 10.6 Å². The van der Waals surface area contributed by atoms with Crippen LogP contribution in [-0.2, 0) is 11.4 Å². The highest BCUT2D eigenvalue weighted by atomic mass is 35.5. The lowest BCUT2D eigenvalue weighted by atomic mass is 10.1. The Kier molecular flexibility index (Phi) is 5.93. The first-order valence-corrected chi connectivity index (χ1v) is 10.5. The fourth-order valence-electron chi connectivity index (χ4n) is 3.07.